The largest absolute Gasteiger partial charge is 0.368 e. The van der Waals surface area contributed by atoms with Crippen LogP contribution in [0.2, 0.25) is 0 Å². The molecule has 184 valence electrons. The van der Waals surface area contributed by atoms with Crippen LogP contribution in [0.4, 0.5) is 23.3 Å². The van der Waals surface area contributed by atoms with Crippen molar-refractivity contribution in [2.24, 2.45) is 11.8 Å². The van der Waals surface area contributed by atoms with Crippen LogP contribution >= 0.6 is 12.2 Å². The first kappa shape index (κ1) is 24.5. The zero-order valence-electron chi connectivity index (χ0n) is 21.2. The minimum atomic E-state index is -0.129. The summed E-state index contributed by atoms with van der Waals surface area (Å²) in [4.78, 5) is 17.0. The van der Waals surface area contributed by atoms with Crippen molar-refractivity contribution in [2.75, 3.05) is 59.3 Å². The molecule has 2 aliphatic heterocycles. The molecule has 2 aromatic rings. The number of rotatable bonds is 4. The second kappa shape index (κ2) is 10.3. The van der Waals surface area contributed by atoms with E-state index in [0.717, 1.165) is 50.9 Å². The molecule has 0 amide bonds. The molecule has 1 aromatic carbocycles. The average molecular weight is 482 g/mol. The van der Waals surface area contributed by atoms with Gasteiger partial charge in [-0.25, -0.2) is 0 Å². The number of benzene rings is 1. The van der Waals surface area contributed by atoms with Crippen LogP contribution in [0.25, 0.3) is 0 Å². The van der Waals surface area contributed by atoms with Gasteiger partial charge in [-0.05, 0) is 63.4 Å². The number of aromatic nitrogens is 2. The van der Waals surface area contributed by atoms with Crippen molar-refractivity contribution in [2.45, 2.75) is 46.6 Å². The lowest BCUT2D eigenvalue weighted by Crippen LogP contribution is -2.47. The van der Waals surface area contributed by atoms with E-state index in [1.807, 2.05) is 0 Å². The van der Waals surface area contributed by atoms with Gasteiger partial charge >= 0.3 is 0 Å². The second-order valence-electron chi connectivity index (χ2n) is 10.9. The van der Waals surface area contributed by atoms with Crippen molar-refractivity contribution in [3.8, 4) is 0 Å². The van der Waals surface area contributed by atoms with Gasteiger partial charge in [0.1, 0.15) is 11.6 Å². The molecule has 0 radical (unpaired) electrons. The summed E-state index contributed by atoms with van der Waals surface area (Å²) < 4.78 is 0. The Kier molecular flexibility index (Phi) is 7.45. The van der Waals surface area contributed by atoms with Crippen LogP contribution < -0.4 is 25.3 Å². The lowest BCUT2D eigenvalue weighted by Gasteiger charge is -2.38. The summed E-state index contributed by atoms with van der Waals surface area (Å²) in [5.41, 5.74) is 1.15. The molecule has 1 aromatic heterocycles. The maximum atomic E-state index is 5.55. The van der Waals surface area contributed by atoms with Crippen LogP contribution in [0.15, 0.2) is 36.4 Å². The fraction of sp³-hybridized carbons (Fsp3) is 0.577. The Morgan fingerprint density at radius 3 is 2.03 bits per heavy atom. The predicted molar refractivity (Wildman–Crippen MR) is 147 cm³/mol. The van der Waals surface area contributed by atoms with E-state index in [1.54, 1.807) is 0 Å². The second-order valence-corrected chi connectivity index (χ2v) is 11.3. The Hall–Kier alpha value is -2.61. The smallest absolute Gasteiger partial charge is 0.232 e. The molecule has 0 unspecified atom stereocenters. The van der Waals surface area contributed by atoms with Crippen LogP contribution in [0.3, 0.4) is 0 Å². The summed E-state index contributed by atoms with van der Waals surface area (Å²) in [6.45, 7) is 16.7. The van der Waals surface area contributed by atoms with Gasteiger partial charge in [0.25, 0.3) is 0 Å². The molecule has 3 heterocycles. The highest BCUT2D eigenvalue weighted by Gasteiger charge is 2.26. The molecule has 2 fully saturated rings. The highest BCUT2D eigenvalue weighted by Crippen LogP contribution is 2.29. The number of piperidine rings is 1. The number of anilines is 4. The summed E-state index contributed by atoms with van der Waals surface area (Å²) in [7, 11) is 0. The molecule has 0 bridgehead atoms. The van der Waals surface area contributed by atoms with Crippen molar-refractivity contribution >= 4 is 40.6 Å². The van der Waals surface area contributed by atoms with Crippen molar-refractivity contribution in [1.29, 1.82) is 0 Å². The van der Waals surface area contributed by atoms with E-state index < -0.39 is 0 Å². The number of nitrogens with zero attached hydrogens (tertiary/aromatic N) is 5. The maximum Gasteiger partial charge on any atom is 0.232 e. The summed E-state index contributed by atoms with van der Waals surface area (Å²) in [5.74, 6) is 3.80. The number of para-hydroxylation sites is 1. The normalized spacial score (nSPS) is 21.4. The first-order valence-corrected chi connectivity index (χ1v) is 12.9. The molecule has 34 heavy (non-hydrogen) atoms. The topological polar surface area (TPSA) is 59.6 Å². The van der Waals surface area contributed by atoms with Gasteiger partial charge in [0.2, 0.25) is 5.95 Å². The van der Waals surface area contributed by atoms with Crippen LogP contribution in [-0.4, -0.2) is 59.9 Å². The lowest BCUT2D eigenvalue weighted by atomic mass is 9.92. The summed E-state index contributed by atoms with van der Waals surface area (Å²) in [6.07, 6.45) is 1.26. The Bertz CT molecular complexity index is 957. The van der Waals surface area contributed by atoms with E-state index in [4.69, 9.17) is 22.2 Å². The zero-order chi connectivity index (χ0) is 24.3. The standard InChI is InChI=1S/C26H39N7S/c1-19-15-20(2)18-33(17-19)23-16-22(27-24(28-23)29-25(34)30-26(3,4)5)32-13-11-31(12-14-32)21-9-7-6-8-10-21/h6-10,16,19-20H,11-15,17-18H2,1-5H3,(H2,27,28,29,30,34)/t19-,20+. The molecule has 2 atom stereocenters. The summed E-state index contributed by atoms with van der Waals surface area (Å²) in [6, 6.07) is 12.8. The molecule has 8 heteroatoms. The number of thiocarbonyl (C=S) groups is 1. The van der Waals surface area contributed by atoms with E-state index in [9.17, 15) is 0 Å². The number of piperazine rings is 1. The number of hydrogen-bond donors (Lipinski definition) is 2. The summed E-state index contributed by atoms with van der Waals surface area (Å²) in [5, 5.41) is 7.11. The van der Waals surface area contributed by atoms with Crippen LogP contribution in [0, 0.1) is 11.8 Å². The van der Waals surface area contributed by atoms with E-state index >= 15 is 0 Å². The van der Waals surface area contributed by atoms with Crippen LogP contribution in [0.1, 0.15) is 41.0 Å². The quantitative estimate of drug-likeness (QED) is 0.625. The molecule has 4 rings (SSSR count). The van der Waals surface area contributed by atoms with E-state index in [-0.39, 0.29) is 5.54 Å². The van der Waals surface area contributed by atoms with Gasteiger partial charge in [0, 0.05) is 56.6 Å². The fourth-order valence-corrected chi connectivity index (χ4v) is 5.36. The monoisotopic (exact) mass is 481 g/mol. The minimum absolute atomic E-state index is 0.129. The Morgan fingerprint density at radius 1 is 0.882 bits per heavy atom. The van der Waals surface area contributed by atoms with Gasteiger partial charge in [-0.3, -0.25) is 0 Å². The van der Waals surface area contributed by atoms with Gasteiger partial charge in [-0.1, -0.05) is 32.0 Å². The minimum Gasteiger partial charge on any atom is -0.368 e. The van der Waals surface area contributed by atoms with Gasteiger partial charge in [-0.15, -0.1) is 0 Å². The molecule has 2 N–H and O–H groups in total. The summed E-state index contributed by atoms with van der Waals surface area (Å²) >= 11 is 5.55. The lowest BCUT2D eigenvalue weighted by molar-refractivity contribution is 0.355. The average Bonchev–Trinajstić information content (AvgIpc) is 2.77. The molecule has 2 aliphatic rings. The molecule has 0 spiro atoms. The Labute approximate surface area is 209 Å². The molecular formula is C26H39N7S. The van der Waals surface area contributed by atoms with E-state index in [1.165, 1.54) is 12.1 Å². The SMILES string of the molecule is C[C@@H]1C[C@H](C)CN(c2cc(N3CCN(c4ccccc4)CC3)nc(NC(=S)NC(C)(C)C)n2)C1. The van der Waals surface area contributed by atoms with Crippen molar-refractivity contribution in [1.82, 2.24) is 15.3 Å². The van der Waals surface area contributed by atoms with Crippen molar-refractivity contribution in [3.05, 3.63) is 36.4 Å². The van der Waals surface area contributed by atoms with Gasteiger partial charge in [0.05, 0.1) is 0 Å². The Balaban J connectivity index is 1.55. The molecule has 0 aliphatic carbocycles. The van der Waals surface area contributed by atoms with E-state index in [0.29, 0.717) is 22.9 Å². The van der Waals surface area contributed by atoms with Crippen molar-refractivity contribution in [3.63, 3.8) is 0 Å². The Morgan fingerprint density at radius 2 is 1.44 bits per heavy atom. The third kappa shape index (κ3) is 6.50. The predicted octanol–water partition coefficient (Wildman–Crippen LogP) is 4.37. The first-order chi connectivity index (χ1) is 16.2. The molecule has 7 nitrogen and oxygen atoms in total. The first-order valence-electron chi connectivity index (χ1n) is 12.4. The third-order valence-corrected chi connectivity index (χ3v) is 6.53. The van der Waals surface area contributed by atoms with Gasteiger partial charge in [0.15, 0.2) is 5.11 Å². The van der Waals surface area contributed by atoms with Crippen LogP contribution in [-0.2, 0) is 0 Å². The van der Waals surface area contributed by atoms with Crippen LogP contribution in [0.5, 0.6) is 0 Å². The van der Waals surface area contributed by atoms with Gasteiger partial charge in [-0.2, -0.15) is 9.97 Å². The fourth-order valence-electron chi connectivity index (χ4n) is 4.96. The highest BCUT2D eigenvalue weighted by atomic mass is 32.1. The highest BCUT2D eigenvalue weighted by molar-refractivity contribution is 7.80. The number of hydrogen-bond acceptors (Lipinski definition) is 6. The molecule has 2 saturated heterocycles. The maximum absolute atomic E-state index is 5.55. The van der Waals surface area contributed by atoms with Gasteiger partial charge < -0.3 is 25.3 Å². The zero-order valence-corrected chi connectivity index (χ0v) is 22.0. The molecular weight excluding hydrogens is 442 g/mol. The number of nitrogens with one attached hydrogen (secondary N) is 2. The third-order valence-electron chi connectivity index (χ3n) is 6.33. The molecule has 0 saturated carbocycles. The van der Waals surface area contributed by atoms with E-state index in [2.05, 4.69) is 96.4 Å². The van der Waals surface area contributed by atoms with Crippen molar-refractivity contribution < 1.29 is 0 Å².